The predicted molar refractivity (Wildman–Crippen MR) is 68.3 cm³/mol. The van der Waals surface area contributed by atoms with Crippen LogP contribution in [0.5, 0.6) is 0 Å². The summed E-state index contributed by atoms with van der Waals surface area (Å²) in [5.74, 6) is -0.278. The van der Waals surface area contributed by atoms with E-state index in [9.17, 15) is 9.59 Å². The summed E-state index contributed by atoms with van der Waals surface area (Å²) < 4.78 is 0.851. The average Bonchev–Trinajstić information content (AvgIpc) is 2.77. The van der Waals surface area contributed by atoms with E-state index in [0.29, 0.717) is 6.54 Å². The summed E-state index contributed by atoms with van der Waals surface area (Å²) in [6.07, 6.45) is 3.36. The Balaban J connectivity index is 1.80. The van der Waals surface area contributed by atoms with Crippen LogP contribution in [0.15, 0.2) is 22.9 Å². The van der Waals surface area contributed by atoms with Crippen molar-refractivity contribution in [3.8, 4) is 0 Å². The maximum absolute atomic E-state index is 12.1. The highest BCUT2D eigenvalue weighted by Gasteiger charge is 2.72. The molecule has 1 saturated heterocycles. The Hall–Kier alpha value is -1.23. The fraction of sp³-hybridized carbons (Fsp3) is 0.462. The summed E-state index contributed by atoms with van der Waals surface area (Å²) in [5, 5.41) is 0. The Morgan fingerprint density at radius 3 is 2.44 bits per heavy atom. The van der Waals surface area contributed by atoms with Gasteiger partial charge in [0.25, 0.3) is 0 Å². The number of likely N-dealkylation sites (tertiary alicyclic amines) is 1. The van der Waals surface area contributed by atoms with Crippen molar-refractivity contribution >= 4 is 27.7 Å². The van der Waals surface area contributed by atoms with Crippen LogP contribution in [0.4, 0.5) is 0 Å². The number of hydrogen-bond donors (Lipinski definition) is 0. The number of piperidine rings is 1. The van der Waals surface area contributed by atoms with Gasteiger partial charge in [0.15, 0.2) is 0 Å². The molecule has 1 aliphatic heterocycles. The van der Waals surface area contributed by atoms with E-state index in [-0.39, 0.29) is 29.1 Å². The molecule has 2 atom stereocenters. The molecule has 2 fully saturated rings. The summed E-state index contributed by atoms with van der Waals surface area (Å²) in [4.78, 5) is 29.7. The number of carbonyl (C=O) groups is 2. The molecule has 1 aromatic heterocycles. The Morgan fingerprint density at radius 2 is 1.89 bits per heavy atom. The molecule has 0 spiro atoms. The monoisotopic (exact) mass is 308 g/mol. The van der Waals surface area contributed by atoms with Crippen LogP contribution in [0.3, 0.4) is 0 Å². The zero-order valence-electron chi connectivity index (χ0n) is 10.2. The van der Waals surface area contributed by atoms with E-state index in [1.807, 2.05) is 19.9 Å². The number of hydrogen-bond acceptors (Lipinski definition) is 3. The first-order valence-corrected chi connectivity index (χ1v) is 6.67. The van der Waals surface area contributed by atoms with Gasteiger partial charge in [0.2, 0.25) is 11.8 Å². The van der Waals surface area contributed by atoms with Gasteiger partial charge in [-0.3, -0.25) is 19.5 Å². The van der Waals surface area contributed by atoms with Crippen molar-refractivity contribution in [2.45, 2.75) is 20.4 Å². The van der Waals surface area contributed by atoms with E-state index >= 15 is 0 Å². The van der Waals surface area contributed by atoms with E-state index in [1.54, 1.807) is 12.4 Å². The predicted octanol–water partition coefficient (Wildman–Crippen LogP) is 1.99. The second-order valence-electron chi connectivity index (χ2n) is 5.55. The number of aromatic nitrogens is 1. The van der Waals surface area contributed by atoms with E-state index in [4.69, 9.17) is 0 Å². The lowest BCUT2D eigenvalue weighted by Gasteiger charge is -2.20. The van der Waals surface area contributed by atoms with Crippen molar-refractivity contribution in [1.29, 1.82) is 0 Å². The largest absolute Gasteiger partial charge is 0.278 e. The normalized spacial score (nSPS) is 28.5. The van der Waals surface area contributed by atoms with Crippen LogP contribution < -0.4 is 0 Å². The molecule has 1 aromatic rings. The fourth-order valence-electron chi connectivity index (χ4n) is 2.88. The van der Waals surface area contributed by atoms with Crippen LogP contribution in [0.2, 0.25) is 0 Å². The van der Waals surface area contributed by atoms with Crippen LogP contribution in [0.1, 0.15) is 19.4 Å². The first-order chi connectivity index (χ1) is 8.43. The molecular weight excluding hydrogens is 296 g/mol. The molecule has 5 heteroatoms. The van der Waals surface area contributed by atoms with Crippen LogP contribution in [-0.2, 0) is 16.1 Å². The number of nitrogens with zero attached hydrogens (tertiary/aromatic N) is 2. The zero-order chi connectivity index (χ0) is 13.1. The molecule has 2 aliphatic rings. The lowest BCUT2D eigenvalue weighted by atomic mass is 10.1. The van der Waals surface area contributed by atoms with Gasteiger partial charge in [-0.1, -0.05) is 13.8 Å². The molecule has 0 aromatic carbocycles. The minimum Gasteiger partial charge on any atom is -0.278 e. The summed E-state index contributed by atoms with van der Waals surface area (Å²) in [5.41, 5.74) is 0.727. The zero-order valence-corrected chi connectivity index (χ0v) is 11.8. The van der Waals surface area contributed by atoms with Crippen molar-refractivity contribution in [3.05, 3.63) is 28.5 Å². The number of imide groups is 1. The smallest absolute Gasteiger partial charge is 0.233 e. The lowest BCUT2D eigenvalue weighted by molar-refractivity contribution is -0.143. The molecule has 2 amide bonds. The van der Waals surface area contributed by atoms with Gasteiger partial charge in [0, 0.05) is 16.9 Å². The molecule has 2 heterocycles. The minimum atomic E-state index is -0.139. The van der Waals surface area contributed by atoms with Gasteiger partial charge in [-0.2, -0.15) is 0 Å². The van der Waals surface area contributed by atoms with Crippen LogP contribution in [0.25, 0.3) is 0 Å². The molecule has 0 N–H and O–H groups in total. The quantitative estimate of drug-likeness (QED) is 0.785. The number of rotatable bonds is 2. The Bertz CT molecular complexity index is 532. The van der Waals surface area contributed by atoms with Crippen LogP contribution in [0, 0.1) is 17.3 Å². The molecule has 3 rings (SSSR count). The van der Waals surface area contributed by atoms with Crippen molar-refractivity contribution in [1.82, 2.24) is 9.88 Å². The summed E-state index contributed by atoms with van der Waals surface area (Å²) >= 11 is 3.33. The molecule has 1 aliphatic carbocycles. The number of carbonyl (C=O) groups excluding carboxylic acids is 2. The van der Waals surface area contributed by atoms with Gasteiger partial charge >= 0.3 is 0 Å². The van der Waals surface area contributed by atoms with Gasteiger partial charge in [-0.15, -0.1) is 0 Å². The molecule has 94 valence electrons. The molecule has 0 radical (unpaired) electrons. The summed E-state index contributed by atoms with van der Waals surface area (Å²) in [7, 11) is 0. The number of fused-ring (bicyclic) bond motifs is 1. The number of amides is 2. The number of pyridine rings is 1. The van der Waals surface area contributed by atoms with Gasteiger partial charge < -0.3 is 0 Å². The third kappa shape index (κ3) is 1.53. The van der Waals surface area contributed by atoms with Gasteiger partial charge in [0.1, 0.15) is 0 Å². The minimum absolute atomic E-state index is 0.0324. The van der Waals surface area contributed by atoms with Crippen molar-refractivity contribution in [2.75, 3.05) is 0 Å². The standard InChI is InChI=1S/C13H13BrN2O2/c1-13(2)9-10(13)12(18)16(11(9)17)6-7-3-8(14)5-15-4-7/h3-5,9-10H,6H2,1-2H3. The molecule has 4 nitrogen and oxygen atoms in total. The molecule has 18 heavy (non-hydrogen) atoms. The average molecular weight is 309 g/mol. The van der Waals surface area contributed by atoms with Crippen molar-refractivity contribution in [3.63, 3.8) is 0 Å². The number of halogens is 1. The summed E-state index contributed by atoms with van der Waals surface area (Å²) in [6.45, 7) is 4.29. The molecule has 1 saturated carbocycles. The lowest BCUT2D eigenvalue weighted by Crippen LogP contribution is -2.35. The maximum Gasteiger partial charge on any atom is 0.233 e. The van der Waals surface area contributed by atoms with E-state index < -0.39 is 0 Å². The first kappa shape index (κ1) is 11.8. The molecular formula is C13H13BrN2O2. The Labute approximate surface area is 114 Å². The summed E-state index contributed by atoms with van der Waals surface area (Å²) in [6, 6.07) is 1.88. The van der Waals surface area contributed by atoms with E-state index in [2.05, 4.69) is 20.9 Å². The highest BCUT2D eigenvalue weighted by atomic mass is 79.9. The third-order valence-corrected chi connectivity index (χ3v) is 4.43. The molecule has 0 bridgehead atoms. The highest BCUT2D eigenvalue weighted by molar-refractivity contribution is 9.10. The first-order valence-electron chi connectivity index (χ1n) is 5.87. The van der Waals surface area contributed by atoms with E-state index in [0.717, 1.165) is 10.0 Å². The van der Waals surface area contributed by atoms with Gasteiger partial charge in [-0.25, -0.2) is 0 Å². The SMILES string of the molecule is CC1(C)C2C(=O)N(Cc3cncc(Br)c3)C(=O)C21. The van der Waals surface area contributed by atoms with Crippen molar-refractivity contribution in [2.24, 2.45) is 17.3 Å². The second-order valence-corrected chi connectivity index (χ2v) is 6.47. The molecule has 2 unspecified atom stereocenters. The topological polar surface area (TPSA) is 50.3 Å². The van der Waals surface area contributed by atoms with Crippen LogP contribution >= 0.6 is 15.9 Å². The van der Waals surface area contributed by atoms with E-state index in [1.165, 1.54) is 4.90 Å². The Morgan fingerprint density at radius 1 is 1.28 bits per heavy atom. The van der Waals surface area contributed by atoms with Gasteiger partial charge in [0.05, 0.1) is 18.4 Å². The fourth-order valence-corrected chi connectivity index (χ4v) is 3.30. The second kappa shape index (κ2) is 3.63. The van der Waals surface area contributed by atoms with Gasteiger partial charge in [-0.05, 0) is 33.0 Å². The maximum atomic E-state index is 12.1. The van der Waals surface area contributed by atoms with Crippen molar-refractivity contribution < 1.29 is 9.59 Å². The third-order valence-electron chi connectivity index (χ3n) is 3.99. The van der Waals surface area contributed by atoms with Crippen LogP contribution in [-0.4, -0.2) is 21.7 Å². The highest BCUT2D eigenvalue weighted by Crippen LogP contribution is 2.63. The Kier molecular flexibility index (Phi) is 2.39.